The van der Waals surface area contributed by atoms with E-state index >= 15 is 0 Å². The van der Waals surface area contributed by atoms with Gasteiger partial charge in [-0.1, -0.05) is 37.6 Å². The number of Topliss-reactive ketones (excluding diaryl/α,β-unsaturated/α-hetero) is 1. The molecular formula is C27H32F3NO2. The first-order valence-corrected chi connectivity index (χ1v) is 12.2. The molecule has 0 heterocycles. The van der Waals surface area contributed by atoms with E-state index in [1.165, 1.54) is 23.8 Å². The topological polar surface area (TPSA) is 46.2 Å². The van der Waals surface area contributed by atoms with Crippen LogP contribution in [0.1, 0.15) is 70.8 Å². The predicted octanol–water partition coefficient (Wildman–Crippen LogP) is 6.79. The van der Waals surface area contributed by atoms with E-state index in [0.29, 0.717) is 36.4 Å². The fraction of sp³-hybridized carbons (Fsp3) is 0.630. The second kappa shape index (κ2) is 7.71. The minimum absolute atomic E-state index is 0.0736. The summed E-state index contributed by atoms with van der Waals surface area (Å²) in [4.78, 5) is 25.4. The summed E-state index contributed by atoms with van der Waals surface area (Å²) in [6, 6.07) is 5.22. The van der Waals surface area contributed by atoms with Crippen LogP contribution >= 0.6 is 0 Å². The second-order valence-corrected chi connectivity index (χ2v) is 11.2. The molecule has 3 fully saturated rings. The highest BCUT2D eigenvalue weighted by molar-refractivity contribution is 5.94. The van der Waals surface area contributed by atoms with Gasteiger partial charge in [-0.3, -0.25) is 9.59 Å². The van der Waals surface area contributed by atoms with Crippen LogP contribution in [-0.2, 0) is 15.8 Å². The zero-order chi connectivity index (χ0) is 23.6. The van der Waals surface area contributed by atoms with Crippen molar-refractivity contribution >= 4 is 17.4 Å². The number of amides is 1. The van der Waals surface area contributed by atoms with E-state index in [1.54, 1.807) is 0 Å². The summed E-state index contributed by atoms with van der Waals surface area (Å²) < 4.78 is 40.3. The van der Waals surface area contributed by atoms with E-state index < -0.39 is 11.7 Å². The lowest BCUT2D eigenvalue weighted by Crippen LogP contribution is -2.51. The largest absolute Gasteiger partial charge is 0.418 e. The van der Waals surface area contributed by atoms with Crippen LogP contribution in [0.25, 0.3) is 0 Å². The number of anilines is 1. The number of nitrogens with one attached hydrogen (secondary N) is 1. The van der Waals surface area contributed by atoms with Gasteiger partial charge in [0.1, 0.15) is 5.78 Å². The third kappa shape index (κ3) is 3.55. The molecule has 3 saturated carbocycles. The van der Waals surface area contributed by atoms with Gasteiger partial charge in [-0.2, -0.15) is 13.2 Å². The molecule has 4 aliphatic carbocycles. The Kier molecular flexibility index (Phi) is 5.30. The van der Waals surface area contributed by atoms with Gasteiger partial charge in [0.15, 0.2) is 0 Å². The Morgan fingerprint density at radius 3 is 2.58 bits per heavy atom. The van der Waals surface area contributed by atoms with Crippen LogP contribution in [-0.4, -0.2) is 11.7 Å². The molecule has 4 aliphatic rings. The number of para-hydroxylation sites is 1. The summed E-state index contributed by atoms with van der Waals surface area (Å²) in [6.07, 6.45) is 4.50. The number of halogens is 3. The number of hydrogen-bond donors (Lipinski definition) is 1. The van der Waals surface area contributed by atoms with Crippen molar-refractivity contribution < 1.29 is 22.8 Å². The molecule has 0 bridgehead atoms. The number of rotatable bonds is 2. The van der Waals surface area contributed by atoms with Crippen molar-refractivity contribution in [3.05, 3.63) is 41.5 Å². The highest BCUT2D eigenvalue weighted by Crippen LogP contribution is 2.66. The van der Waals surface area contributed by atoms with Crippen molar-refractivity contribution in [2.45, 2.75) is 71.4 Å². The van der Waals surface area contributed by atoms with E-state index in [4.69, 9.17) is 0 Å². The lowest BCUT2D eigenvalue weighted by atomic mass is 9.47. The number of ketones is 1. The quantitative estimate of drug-likeness (QED) is 0.495. The first-order chi connectivity index (χ1) is 15.5. The summed E-state index contributed by atoms with van der Waals surface area (Å²) in [5.74, 6) is 1.17. The van der Waals surface area contributed by atoms with Gasteiger partial charge in [0.05, 0.1) is 11.3 Å². The molecule has 6 heteroatoms. The van der Waals surface area contributed by atoms with E-state index in [9.17, 15) is 22.8 Å². The monoisotopic (exact) mass is 459 g/mol. The van der Waals surface area contributed by atoms with Crippen LogP contribution in [0.5, 0.6) is 0 Å². The minimum atomic E-state index is -4.51. The molecule has 0 saturated heterocycles. The first kappa shape index (κ1) is 22.7. The van der Waals surface area contributed by atoms with E-state index in [2.05, 4.69) is 25.2 Å². The van der Waals surface area contributed by atoms with Crippen LogP contribution < -0.4 is 5.32 Å². The summed E-state index contributed by atoms with van der Waals surface area (Å²) in [5, 5.41) is 2.64. The van der Waals surface area contributed by atoms with Gasteiger partial charge in [0.25, 0.3) is 0 Å². The minimum Gasteiger partial charge on any atom is -0.325 e. The molecule has 178 valence electrons. The zero-order valence-electron chi connectivity index (χ0n) is 19.3. The zero-order valence-corrected chi connectivity index (χ0v) is 19.3. The Hall–Kier alpha value is -2.11. The molecule has 1 N–H and O–H groups in total. The molecule has 6 atom stereocenters. The van der Waals surface area contributed by atoms with Crippen molar-refractivity contribution in [2.75, 3.05) is 5.32 Å². The molecule has 3 nitrogen and oxygen atoms in total. The Bertz CT molecular complexity index is 1010. The highest BCUT2D eigenvalue weighted by atomic mass is 19.4. The third-order valence-corrected chi connectivity index (χ3v) is 9.74. The van der Waals surface area contributed by atoms with Crippen molar-refractivity contribution in [3.63, 3.8) is 0 Å². The summed E-state index contributed by atoms with van der Waals surface area (Å²) >= 11 is 0. The van der Waals surface area contributed by atoms with Gasteiger partial charge < -0.3 is 5.32 Å². The van der Waals surface area contributed by atoms with Gasteiger partial charge in [-0.25, -0.2) is 0 Å². The van der Waals surface area contributed by atoms with Crippen LogP contribution in [0.15, 0.2) is 35.9 Å². The van der Waals surface area contributed by atoms with Gasteiger partial charge in [-0.05, 0) is 79.2 Å². The van der Waals surface area contributed by atoms with Gasteiger partial charge in [0, 0.05) is 18.8 Å². The number of alkyl halides is 3. The Balaban J connectivity index is 1.38. The third-order valence-electron chi connectivity index (χ3n) is 9.74. The van der Waals surface area contributed by atoms with Crippen molar-refractivity contribution in [1.29, 1.82) is 0 Å². The summed E-state index contributed by atoms with van der Waals surface area (Å²) in [6.45, 7) is 4.52. The molecule has 0 radical (unpaired) electrons. The highest BCUT2D eigenvalue weighted by Gasteiger charge is 2.60. The van der Waals surface area contributed by atoms with E-state index in [-0.39, 0.29) is 28.3 Å². The Morgan fingerprint density at radius 1 is 1.06 bits per heavy atom. The first-order valence-electron chi connectivity index (χ1n) is 12.2. The average molecular weight is 460 g/mol. The fourth-order valence-corrected chi connectivity index (χ4v) is 7.97. The number of hydrogen-bond acceptors (Lipinski definition) is 2. The molecule has 5 rings (SSSR count). The maximum atomic E-state index is 13.4. The molecule has 1 aromatic rings. The molecular weight excluding hydrogens is 427 g/mol. The molecule has 33 heavy (non-hydrogen) atoms. The molecule has 1 aromatic carbocycles. The molecule has 0 aromatic heterocycles. The average Bonchev–Trinajstić information content (AvgIpc) is 3.11. The normalized spacial score (nSPS) is 38.1. The number of fused-ring (bicyclic) bond motifs is 5. The SMILES string of the molecule is C[C@]12CCC(=O)CC1=CCC1C2CC[C@@]2(C)C1CC[C@@H]2C(=O)Nc1ccccc1C(F)(F)F. The molecule has 1 amide bonds. The van der Waals surface area contributed by atoms with E-state index in [1.807, 2.05) is 0 Å². The molecule has 3 unspecified atom stereocenters. The van der Waals surface area contributed by atoms with Gasteiger partial charge in [0.2, 0.25) is 5.91 Å². The van der Waals surface area contributed by atoms with Crippen LogP contribution in [0, 0.1) is 34.5 Å². The van der Waals surface area contributed by atoms with Gasteiger partial charge in [-0.15, -0.1) is 0 Å². The van der Waals surface area contributed by atoms with E-state index in [0.717, 1.165) is 44.6 Å². The van der Waals surface area contributed by atoms with Crippen LogP contribution in [0.4, 0.5) is 18.9 Å². The van der Waals surface area contributed by atoms with Gasteiger partial charge >= 0.3 is 6.18 Å². The standard InChI is InChI=1S/C27H32F3NO2/c1-25-13-11-17(32)15-16(25)7-8-18-19-9-10-22(26(19,2)14-12-20(18)25)24(33)31-23-6-4-3-5-21(23)27(28,29)30/h3-7,18-20,22H,8-15H2,1-2H3,(H,31,33)/t18?,19?,20?,22-,25+,26+/m1/s1. The lowest BCUT2D eigenvalue weighted by Gasteiger charge is -2.57. The van der Waals surface area contributed by atoms with Crippen LogP contribution in [0.3, 0.4) is 0 Å². The van der Waals surface area contributed by atoms with Crippen molar-refractivity contribution in [2.24, 2.45) is 34.5 Å². The lowest BCUT2D eigenvalue weighted by molar-refractivity contribution is -0.137. The summed E-state index contributed by atoms with van der Waals surface area (Å²) in [7, 11) is 0. The van der Waals surface area contributed by atoms with Crippen molar-refractivity contribution in [3.8, 4) is 0 Å². The fourth-order valence-electron chi connectivity index (χ4n) is 7.97. The maximum Gasteiger partial charge on any atom is 0.418 e. The maximum absolute atomic E-state index is 13.4. The number of allylic oxidation sites excluding steroid dienone is 2. The number of carbonyl (C=O) groups excluding carboxylic acids is 2. The summed E-state index contributed by atoms with van der Waals surface area (Å²) in [5.41, 5.74) is 0.237. The molecule has 0 aliphatic heterocycles. The smallest absolute Gasteiger partial charge is 0.325 e. The Labute approximate surface area is 193 Å². The number of benzene rings is 1. The Morgan fingerprint density at radius 2 is 1.82 bits per heavy atom. The van der Waals surface area contributed by atoms with Crippen molar-refractivity contribution in [1.82, 2.24) is 0 Å². The second-order valence-electron chi connectivity index (χ2n) is 11.2. The predicted molar refractivity (Wildman–Crippen MR) is 120 cm³/mol. The number of carbonyl (C=O) groups is 2. The van der Waals surface area contributed by atoms with Crippen LogP contribution in [0.2, 0.25) is 0 Å². The molecule has 0 spiro atoms.